The van der Waals surface area contributed by atoms with E-state index >= 15 is 0 Å². The van der Waals surface area contributed by atoms with Gasteiger partial charge in [0.25, 0.3) is 0 Å². The summed E-state index contributed by atoms with van der Waals surface area (Å²) >= 11 is 0. The normalized spacial score (nSPS) is 13.3. The molecule has 0 aliphatic rings. The molecule has 0 aliphatic heterocycles. The fourth-order valence-electron chi connectivity index (χ4n) is 2.20. The predicted octanol–water partition coefficient (Wildman–Crippen LogP) is 0.449. The Morgan fingerprint density at radius 3 is 1.85 bits per heavy atom. The average Bonchev–Trinajstić information content (AvgIpc) is 2.35. The van der Waals surface area contributed by atoms with Crippen molar-refractivity contribution in [2.75, 3.05) is 0 Å². The molecule has 0 bridgehead atoms. The minimum absolute atomic E-state index is 0. The topological polar surface area (TPSA) is 74.3 Å². The molecule has 0 heterocycles. The Labute approximate surface area is 145 Å². The van der Waals surface area contributed by atoms with Gasteiger partial charge in [-0.2, -0.15) is 0 Å². The van der Waals surface area contributed by atoms with E-state index < -0.39 is 25.2 Å². The maximum atomic E-state index is 10.9. The molecular weight excluding hydrogens is 286 g/mol. The van der Waals surface area contributed by atoms with Crippen LogP contribution in [-0.2, 0) is 13.9 Å². The molecule has 112 valence electrons. The summed E-state index contributed by atoms with van der Waals surface area (Å²) in [5.41, 5.74) is -0.829. The zero-order valence-electron chi connectivity index (χ0n) is 13.1. The Balaban J connectivity index is 0. The monoisotopic (exact) mass is 312 g/mol. The van der Waals surface area contributed by atoms with E-state index in [1.807, 2.05) is 0 Å². The van der Waals surface area contributed by atoms with Gasteiger partial charge in [-0.25, -0.2) is 9.13 Å². The van der Waals surface area contributed by atoms with E-state index in [-0.39, 0.29) is 29.6 Å². The van der Waals surface area contributed by atoms with Crippen molar-refractivity contribution in [3.8, 4) is 0 Å². The van der Waals surface area contributed by atoms with Crippen LogP contribution in [0, 0.1) is 5.92 Å². The average molecular weight is 312 g/mol. The van der Waals surface area contributed by atoms with Crippen LogP contribution in [0.15, 0.2) is 0 Å². The Morgan fingerprint density at radius 2 is 1.45 bits per heavy atom. The summed E-state index contributed by atoms with van der Waals surface area (Å²) in [6, 6.07) is 0. The van der Waals surface area contributed by atoms with Crippen molar-refractivity contribution < 1.29 is 48.6 Å². The van der Waals surface area contributed by atoms with Gasteiger partial charge in [0.05, 0.1) is 5.66 Å². The molecule has 0 aromatic rings. The maximum Gasteiger partial charge on any atom is 1.00 e. The van der Waals surface area contributed by atoms with Crippen LogP contribution in [0.2, 0.25) is 0 Å². The smallest absolute Gasteiger partial charge is 0.550 e. The first-order valence-corrected chi connectivity index (χ1v) is 8.59. The number of carboxylic acids is 1. The molecule has 0 saturated heterocycles. The molecule has 0 fully saturated rings. The van der Waals surface area contributed by atoms with E-state index in [0.29, 0.717) is 6.42 Å². The standard InChI is InChI=1S/C14H27O4P.Na/c1-3-4-5-6-7-8-9-10-11-13(14(15)16)12(2)19(17)18;/h12-13H,3-11H2,1-2H3,(H,15,16);/q;+1/p-1. The van der Waals surface area contributed by atoms with Gasteiger partial charge in [0.2, 0.25) is 0 Å². The fourth-order valence-corrected chi connectivity index (χ4v) is 2.77. The van der Waals surface area contributed by atoms with E-state index in [4.69, 9.17) is 0 Å². The van der Waals surface area contributed by atoms with Crippen LogP contribution >= 0.6 is 7.68 Å². The molecule has 0 aromatic carbocycles. The minimum Gasteiger partial charge on any atom is -0.550 e. The third kappa shape index (κ3) is 11.1. The number of aliphatic carboxylic acids is 1. The summed E-state index contributed by atoms with van der Waals surface area (Å²) in [6.45, 7) is 3.62. The minimum atomic E-state index is -2.69. The summed E-state index contributed by atoms with van der Waals surface area (Å²) in [6.07, 6.45) is 9.44. The zero-order chi connectivity index (χ0) is 14.7. The van der Waals surface area contributed by atoms with Crippen LogP contribution in [0.1, 0.15) is 71.6 Å². The zero-order valence-corrected chi connectivity index (χ0v) is 16.0. The molecule has 0 radical (unpaired) electrons. The van der Waals surface area contributed by atoms with Crippen LogP contribution in [0.5, 0.6) is 0 Å². The number of carbonyl (C=O) groups excluding carboxylic acids is 1. The molecule has 2 atom stereocenters. The van der Waals surface area contributed by atoms with E-state index in [0.717, 1.165) is 19.3 Å². The molecule has 0 N–H and O–H groups in total. The SMILES string of the molecule is CCCCCCCCCCC(C(=O)[O-])C(C)P(=O)=O.[Na+]. The van der Waals surface area contributed by atoms with Crippen LogP contribution in [0.3, 0.4) is 0 Å². The number of hydrogen-bond acceptors (Lipinski definition) is 4. The first-order valence-electron chi connectivity index (χ1n) is 7.35. The first-order chi connectivity index (χ1) is 9.00. The molecule has 0 saturated carbocycles. The fraction of sp³-hybridized carbons (Fsp3) is 0.929. The van der Waals surface area contributed by atoms with Gasteiger partial charge in [-0.1, -0.05) is 58.3 Å². The Bertz CT molecular complexity index is 310. The number of hydrogen-bond donors (Lipinski definition) is 0. The maximum absolute atomic E-state index is 10.9. The van der Waals surface area contributed by atoms with Gasteiger partial charge in [-0.05, 0) is 13.3 Å². The van der Waals surface area contributed by atoms with Gasteiger partial charge < -0.3 is 9.90 Å². The van der Waals surface area contributed by atoms with Crippen molar-refractivity contribution in [1.29, 1.82) is 0 Å². The summed E-state index contributed by atoms with van der Waals surface area (Å²) in [4.78, 5) is 10.9. The van der Waals surface area contributed by atoms with Crippen LogP contribution in [-0.4, -0.2) is 11.6 Å². The summed E-state index contributed by atoms with van der Waals surface area (Å²) in [7, 11) is -2.69. The number of carboxylic acid groups (broad SMARTS) is 1. The summed E-state index contributed by atoms with van der Waals surface area (Å²) < 4.78 is 21.7. The second kappa shape index (κ2) is 14.3. The van der Waals surface area contributed by atoms with E-state index in [2.05, 4.69) is 6.92 Å². The molecule has 0 amide bonds. The van der Waals surface area contributed by atoms with Gasteiger partial charge in [0.15, 0.2) is 0 Å². The van der Waals surface area contributed by atoms with Crippen LogP contribution in [0.25, 0.3) is 0 Å². The van der Waals surface area contributed by atoms with Crippen molar-refractivity contribution in [3.05, 3.63) is 0 Å². The Morgan fingerprint density at radius 1 is 1.00 bits per heavy atom. The molecule has 0 aliphatic carbocycles. The van der Waals surface area contributed by atoms with Crippen LogP contribution < -0.4 is 34.7 Å². The largest absolute Gasteiger partial charge is 1.00 e. The second-order valence-electron chi connectivity index (χ2n) is 5.22. The number of unbranched alkanes of at least 4 members (excludes halogenated alkanes) is 7. The predicted molar refractivity (Wildman–Crippen MR) is 73.5 cm³/mol. The van der Waals surface area contributed by atoms with E-state index in [1.54, 1.807) is 0 Å². The van der Waals surface area contributed by atoms with Gasteiger partial charge in [0, 0.05) is 11.9 Å². The molecular formula is C14H26NaO4P. The van der Waals surface area contributed by atoms with Gasteiger partial charge in [-0.3, -0.25) is 0 Å². The molecule has 0 aromatic heterocycles. The summed E-state index contributed by atoms with van der Waals surface area (Å²) in [5, 5.41) is 10.9. The number of carbonyl (C=O) groups is 1. The number of rotatable bonds is 12. The molecule has 0 spiro atoms. The van der Waals surface area contributed by atoms with Crippen molar-refractivity contribution in [3.63, 3.8) is 0 Å². The van der Waals surface area contributed by atoms with Gasteiger partial charge in [-0.15, -0.1) is 0 Å². The molecule has 0 rings (SSSR count). The molecule has 20 heavy (non-hydrogen) atoms. The quantitative estimate of drug-likeness (QED) is 0.298. The third-order valence-corrected chi connectivity index (χ3v) is 4.61. The Kier molecular flexibility index (Phi) is 16.2. The van der Waals surface area contributed by atoms with Crippen molar-refractivity contribution in [2.45, 2.75) is 77.3 Å². The van der Waals surface area contributed by atoms with E-state index in [9.17, 15) is 19.0 Å². The molecule has 4 nitrogen and oxygen atoms in total. The first kappa shape index (κ1) is 22.6. The van der Waals surface area contributed by atoms with Gasteiger partial charge in [0.1, 0.15) is 0 Å². The van der Waals surface area contributed by atoms with Crippen molar-refractivity contribution in [2.24, 2.45) is 5.92 Å². The van der Waals surface area contributed by atoms with Crippen molar-refractivity contribution >= 4 is 13.6 Å². The summed E-state index contributed by atoms with van der Waals surface area (Å²) in [5.74, 6) is -2.10. The molecule has 6 heteroatoms. The Hall–Kier alpha value is 0.370. The van der Waals surface area contributed by atoms with Crippen LogP contribution in [0.4, 0.5) is 0 Å². The molecule has 2 unspecified atom stereocenters. The second-order valence-corrected chi connectivity index (χ2v) is 6.60. The van der Waals surface area contributed by atoms with Crippen molar-refractivity contribution in [1.82, 2.24) is 0 Å². The third-order valence-electron chi connectivity index (χ3n) is 3.59. The van der Waals surface area contributed by atoms with Gasteiger partial charge >= 0.3 is 37.2 Å². The van der Waals surface area contributed by atoms with E-state index in [1.165, 1.54) is 39.0 Å².